The average Bonchev–Trinajstić information content (AvgIpc) is 3.78. The van der Waals surface area contributed by atoms with Gasteiger partial charge in [0.05, 0.1) is 16.3 Å². The molecule has 2 heterocycles. The van der Waals surface area contributed by atoms with Crippen molar-refractivity contribution in [3.05, 3.63) is 77.0 Å². The Morgan fingerprint density at radius 1 is 1.06 bits per heavy atom. The molecule has 186 valence electrons. The van der Waals surface area contributed by atoms with E-state index in [1.165, 1.54) is 48.8 Å². The van der Waals surface area contributed by atoms with Gasteiger partial charge in [0.1, 0.15) is 18.0 Å². The van der Waals surface area contributed by atoms with E-state index < -0.39 is 9.73 Å². The Hall–Kier alpha value is -3.39. The number of benzene rings is 2. The number of pyridine rings is 1. The van der Waals surface area contributed by atoms with Crippen LogP contribution in [0.25, 0.3) is 0 Å². The highest BCUT2D eigenvalue weighted by Gasteiger charge is 2.30. The van der Waals surface area contributed by atoms with Gasteiger partial charge in [-0.15, -0.1) is 0 Å². The lowest BCUT2D eigenvalue weighted by molar-refractivity contribution is 0.0944. The molecule has 0 bridgehead atoms. The van der Waals surface area contributed by atoms with Crippen LogP contribution in [0.15, 0.2) is 59.5 Å². The fourth-order valence-electron chi connectivity index (χ4n) is 4.75. The van der Waals surface area contributed by atoms with Gasteiger partial charge in [-0.2, -0.15) is 0 Å². The first-order chi connectivity index (χ1) is 17.3. The molecular weight excluding hydrogens is 472 g/mol. The molecule has 1 amide bonds. The van der Waals surface area contributed by atoms with Gasteiger partial charge in [0.2, 0.25) is 5.88 Å². The van der Waals surface area contributed by atoms with E-state index >= 15 is 0 Å². The maximum Gasteiger partial charge on any atom is 0.270 e. The molecule has 2 saturated carbocycles. The van der Waals surface area contributed by atoms with Crippen molar-refractivity contribution in [1.82, 2.24) is 10.3 Å². The van der Waals surface area contributed by atoms with Gasteiger partial charge in [0, 0.05) is 23.4 Å². The molecule has 7 nitrogen and oxygen atoms in total. The predicted molar refractivity (Wildman–Crippen MR) is 140 cm³/mol. The highest BCUT2D eigenvalue weighted by molar-refractivity contribution is 7.91. The standard InChI is InChI=1S/C28H30N4O3S/c1-36(29,34)24-8-2-18(3-9-24)17-30-27(33)25-10-11-26-28(31-25)35-13-12-32(26)23-15-21(19-4-5-19)14-22(16-23)20-6-7-20/h2-3,8-11,14-16,19-20,29H,4-7,12-13,17H2,1H3,(H,30,33). The Kier molecular flexibility index (Phi) is 5.71. The van der Waals surface area contributed by atoms with Crippen LogP contribution in [0.3, 0.4) is 0 Å². The number of ether oxygens (including phenoxy) is 1. The summed E-state index contributed by atoms with van der Waals surface area (Å²) < 4.78 is 25.4. The quantitative estimate of drug-likeness (QED) is 0.455. The SMILES string of the molecule is CS(=N)(=O)c1ccc(CNC(=O)c2ccc3c(n2)OCCN3c2cc(C3CC3)cc(C3CC3)c2)cc1. The Morgan fingerprint density at radius 3 is 2.33 bits per heavy atom. The first-order valence-corrected chi connectivity index (χ1v) is 14.5. The van der Waals surface area contributed by atoms with Crippen molar-refractivity contribution in [3.8, 4) is 5.88 Å². The van der Waals surface area contributed by atoms with Crippen molar-refractivity contribution in [2.45, 2.75) is 49.0 Å². The van der Waals surface area contributed by atoms with Gasteiger partial charge in [-0.05, 0) is 90.6 Å². The fourth-order valence-corrected chi connectivity index (χ4v) is 5.41. The molecule has 8 heteroatoms. The molecule has 0 radical (unpaired) electrons. The van der Waals surface area contributed by atoms with Crippen molar-refractivity contribution in [2.75, 3.05) is 24.3 Å². The molecule has 1 unspecified atom stereocenters. The van der Waals surface area contributed by atoms with Gasteiger partial charge in [0.25, 0.3) is 5.91 Å². The first-order valence-electron chi connectivity index (χ1n) is 12.5. The lowest BCUT2D eigenvalue weighted by Gasteiger charge is -2.31. The normalized spacial score (nSPS) is 18.6. The molecule has 2 N–H and O–H groups in total. The summed E-state index contributed by atoms with van der Waals surface area (Å²) >= 11 is 0. The van der Waals surface area contributed by atoms with Crippen LogP contribution in [0.4, 0.5) is 11.4 Å². The molecule has 2 aromatic carbocycles. The van der Waals surface area contributed by atoms with Crippen LogP contribution >= 0.6 is 0 Å². The molecule has 6 rings (SSSR count). The van der Waals surface area contributed by atoms with Crippen LogP contribution in [-0.2, 0) is 16.3 Å². The van der Waals surface area contributed by atoms with E-state index in [1.54, 1.807) is 30.3 Å². The number of carbonyl (C=O) groups is 1. The highest BCUT2D eigenvalue weighted by atomic mass is 32.2. The summed E-state index contributed by atoms with van der Waals surface area (Å²) in [5, 5.41) is 2.89. The second-order valence-corrected chi connectivity index (χ2v) is 12.3. The van der Waals surface area contributed by atoms with Crippen LogP contribution < -0.4 is 15.0 Å². The zero-order chi connectivity index (χ0) is 24.9. The zero-order valence-corrected chi connectivity index (χ0v) is 21.1. The van der Waals surface area contributed by atoms with E-state index in [0.29, 0.717) is 41.5 Å². The first kappa shape index (κ1) is 23.0. The Balaban J connectivity index is 1.19. The summed E-state index contributed by atoms with van der Waals surface area (Å²) in [5.41, 5.74) is 6.14. The fraction of sp³-hybridized carbons (Fsp3) is 0.357. The van der Waals surface area contributed by atoms with Crippen molar-refractivity contribution >= 4 is 27.0 Å². The lowest BCUT2D eigenvalue weighted by atomic mass is 10.0. The summed E-state index contributed by atoms with van der Waals surface area (Å²) in [6.45, 7) is 1.57. The van der Waals surface area contributed by atoms with Crippen molar-refractivity contribution in [3.63, 3.8) is 0 Å². The smallest absolute Gasteiger partial charge is 0.270 e. The third-order valence-electron chi connectivity index (χ3n) is 7.12. The van der Waals surface area contributed by atoms with E-state index in [2.05, 4.69) is 33.4 Å². The summed E-state index contributed by atoms with van der Waals surface area (Å²) in [7, 11) is -2.75. The molecule has 36 heavy (non-hydrogen) atoms. The molecule has 0 spiro atoms. The summed E-state index contributed by atoms with van der Waals surface area (Å²) in [6.07, 6.45) is 6.51. The number of nitrogens with zero attached hydrogens (tertiary/aromatic N) is 2. The van der Waals surface area contributed by atoms with E-state index in [-0.39, 0.29) is 5.91 Å². The molecule has 1 aromatic heterocycles. The third-order valence-corrected chi connectivity index (χ3v) is 8.29. The number of fused-ring (bicyclic) bond motifs is 1. The number of rotatable bonds is 7. The van der Waals surface area contributed by atoms with Gasteiger partial charge in [-0.25, -0.2) is 14.0 Å². The number of anilines is 2. The number of nitrogens with one attached hydrogen (secondary N) is 2. The Labute approximate surface area is 211 Å². The summed E-state index contributed by atoms with van der Waals surface area (Å²) in [6, 6.07) is 17.6. The van der Waals surface area contributed by atoms with Gasteiger partial charge in [-0.1, -0.05) is 18.2 Å². The van der Waals surface area contributed by atoms with Crippen molar-refractivity contribution < 1.29 is 13.7 Å². The van der Waals surface area contributed by atoms with Crippen LogP contribution in [0, 0.1) is 4.78 Å². The van der Waals surface area contributed by atoms with Crippen LogP contribution in [-0.4, -0.2) is 34.5 Å². The number of aromatic nitrogens is 1. The Morgan fingerprint density at radius 2 is 1.72 bits per heavy atom. The van der Waals surface area contributed by atoms with E-state index in [1.807, 2.05) is 6.07 Å². The Bertz CT molecular complexity index is 1400. The largest absolute Gasteiger partial charge is 0.474 e. The second-order valence-electron chi connectivity index (χ2n) is 10.1. The summed E-state index contributed by atoms with van der Waals surface area (Å²) in [5.74, 6) is 1.59. The maximum absolute atomic E-state index is 12.8. The molecule has 2 fully saturated rings. The predicted octanol–water partition coefficient (Wildman–Crippen LogP) is 5.33. The second kappa shape index (κ2) is 8.92. The molecule has 0 saturated heterocycles. The van der Waals surface area contributed by atoms with Crippen LogP contribution in [0.5, 0.6) is 5.88 Å². The minimum absolute atomic E-state index is 0.283. The van der Waals surface area contributed by atoms with Crippen molar-refractivity contribution in [2.24, 2.45) is 0 Å². The number of amides is 1. The number of carbonyl (C=O) groups excluding carboxylic acids is 1. The molecule has 3 aromatic rings. The molecule has 3 aliphatic rings. The topological polar surface area (TPSA) is 95.4 Å². The van der Waals surface area contributed by atoms with Gasteiger partial charge >= 0.3 is 0 Å². The maximum atomic E-state index is 12.8. The van der Waals surface area contributed by atoms with E-state index in [9.17, 15) is 9.00 Å². The number of hydrogen-bond donors (Lipinski definition) is 2. The third kappa shape index (κ3) is 4.82. The highest BCUT2D eigenvalue weighted by Crippen LogP contribution is 2.47. The van der Waals surface area contributed by atoms with Gasteiger partial charge < -0.3 is 15.0 Å². The monoisotopic (exact) mass is 502 g/mol. The zero-order valence-electron chi connectivity index (χ0n) is 20.3. The minimum Gasteiger partial charge on any atom is -0.474 e. The molecule has 1 aliphatic heterocycles. The number of hydrogen-bond acceptors (Lipinski definition) is 6. The molecule has 1 atom stereocenters. The lowest BCUT2D eigenvalue weighted by Crippen LogP contribution is -2.30. The average molecular weight is 503 g/mol. The van der Waals surface area contributed by atoms with E-state index in [4.69, 9.17) is 9.52 Å². The summed E-state index contributed by atoms with van der Waals surface area (Å²) in [4.78, 5) is 20.1. The minimum atomic E-state index is -2.75. The van der Waals surface area contributed by atoms with Gasteiger partial charge in [0.15, 0.2) is 0 Å². The van der Waals surface area contributed by atoms with Gasteiger partial charge in [-0.3, -0.25) is 4.79 Å². The van der Waals surface area contributed by atoms with Crippen LogP contribution in [0.1, 0.15) is 64.7 Å². The molecular formula is C28H30N4O3S. The molecule has 2 aliphatic carbocycles. The van der Waals surface area contributed by atoms with E-state index in [0.717, 1.165) is 17.8 Å². The van der Waals surface area contributed by atoms with Crippen molar-refractivity contribution in [1.29, 1.82) is 4.78 Å². The van der Waals surface area contributed by atoms with Crippen LogP contribution in [0.2, 0.25) is 0 Å².